The topological polar surface area (TPSA) is 55.7 Å². The Kier molecular flexibility index (Phi) is 13.6. The molecule has 10 aromatic rings. The average Bonchev–Trinajstić information content (AvgIpc) is 3.88. The number of rotatable bonds is 7. The number of para-hydroxylation sites is 4. The van der Waals surface area contributed by atoms with Crippen molar-refractivity contribution in [2.24, 2.45) is 0 Å². The minimum atomic E-state index is 0. The van der Waals surface area contributed by atoms with Crippen LogP contribution in [0.15, 0.2) is 195 Å². The third-order valence-electron chi connectivity index (χ3n) is 10.1. The van der Waals surface area contributed by atoms with Crippen LogP contribution in [0.3, 0.4) is 0 Å². The van der Waals surface area contributed by atoms with Crippen molar-refractivity contribution in [2.75, 3.05) is 0 Å². The molecule has 0 unspecified atom stereocenters. The predicted octanol–water partition coefficient (Wildman–Crippen LogP) is 12.1. The Morgan fingerprint density at radius 3 is 1.37 bits per heavy atom. The third-order valence-corrected chi connectivity index (χ3v) is 10.7. The number of halogens is 1. The van der Waals surface area contributed by atoms with Gasteiger partial charge >= 0.3 is 26.5 Å². The molecule has 2 heterocycles. The Morgan fingerprint density at radius 2 is 0.881 bits per heavy atom. The molecule has 7 heteroatoms. The summed E-state index contributed by atoms with van der Waals surface area (Å²) in [5.74, 6) is 0.486. The molecule has 59 heavy (non-hydrogen) atoms. The largest absolute Gasteiger partial charge is 1.00 e. The molecule has 0 bridgehead atoms. The van der Waals surface area contributed by atoms with Gasteiger partial charge in [-0.05, 0) is 73.6 Å². The zero-order valence-corrected chi connectivity index (χ0v) is 34.7. The van der Waals surface area contributed by atoms with Gasteiger partial charge in [-0.3, -0.25) is 0 Å². The molecule has 1 N–H and O–H groups in total. The second kappa shape index (κ2) is 19.3. The first-order chi connectivity index (χ1) is 28.6. The standard InChI is InChI=1S/C24H16BO3.C24H15BrO.C4H9.Li/c26-25-28-22-14-6-13-21-20-12-5-11-19(23(20)27-24(21)22)18-10-4-9-17(15-18)16-7-2-1-3-8-16;25-22-14-6-13-21-20-12-5-11-19(23(20)26-24(21)22)18-10-4-9-17(15-18)16-7-2-1-3-8-16;1-3-4-2;/h1-15,26H;1-15H;1,3-4H2,2H3;/q;;-1;+1. The van der Waals surface area contributed by atoms with Gasteiger partial charge in [0.25, 0.3) is 0 Å². The van der Waals surface area contributed by atoms with Gasteiger partial charge in [0.15, 0.2) is 5.58 Å². The van der Waals surface area contributed by atoms with Gasteiger partial charge in [-0.25, -0.2) is 0 Å². The summed E-state index contributed by atoms with van der Waals surface area (Å²) in [5.41, 5.74) is 12.4. The maximum atomic E-state index is 9.04. The fourth-order valence-electron chi connectivity index (χ4n) is 7.18. The number of furan rings is 2. The van der Waals surface area contributed by atoms with Crippen molar-refractivity contribution in [2.45, 2.75) is 19.8 Å². The van der Waals surface area contributed by atoms with Crippen molar-refractivity contribution < 1.29 is 37.4 Å². The Bertz CT molecular complexity index is 2960. The maximum Gasteiger partial charge on any atom is 1.00 e. The molecule has 10 rings (SSSR count). The van der Waals surface area contributed by atoms with Gasteiger partial charge in [-0.15, -0.1) is 0 Å². The van der Waals surface area contributed by atoms with E-state index in [1.807, 2.05) is 60.7 Å². The van der Waals surface area contributed by atoms with Crippen LogP contribution in [0.1, 0.15) is 19.8 Å². The van der Waals surface area contributed by atoms with E-state index in [1.54, 1.807) is 6.07 Å². The third kappa shape index (κ3) is 8.83. The quantitative estimate of drug-likeness (QED) is 0.128. The molecule has 4 nitrogen and oxygen atoms in total. The number of hydrogen-bond acceptors (Lipinski definition) is 4. The SMILES string of the molecule is Brc1cccc2c1oc1c(-c3cccc(-c4ccccc4)c3)cccc12.O[B]Oc1cccc2c1oc1c(-c3cccc(-c4ccccc4)c3)cccc12.[CH2-]CCC.[Li+]. The number of fused-ring (bicyclic) bond motifs is 6. The number of unbranched alkanes of at least 4 members (excludes halogenated alkanes) is 1. The summed E-state index contributed by atoms with van der Waals surface area (Å²) < 4.78 is 18.7. The van der Waals surface area contributed by atoms with Crippen molar-refractivity contribution in [3.8, 4) is 50.3 Å². The molecule has 0 atom stereocenters. The van der Waals surface area contributed by atoms with E-state index in [9.17, 15) is 0 Å². The van der Waals surface area contributed by atoms with Crippen LogP contribution in [0.5, 0.6) is 5.75 Å². The summed E-state index contributed by atoms with van der Waals surface area (Å²) >= 11 is 3.60. The smallest absolute Gasteiger partial charge is 0.535 e. The zero-order chi connectivity index (χ0) is 39.8. The summed E-state index contributed by atoms with van der Waals surface area (Å²) in [6, 6.07) is 62.2. The second-order valence-corrected chi connectivity index (χ2v) is 14.6. The molecule has 0 fully saturated rings. The van der Waals surface area contributed by atoms with E-state index in [-0.39, 0.29) is 18.9 Å². The van der Waals surface area contributed by atoms with Crippen LogP contribution in [-0.4, -0.2) is 12.7 Å². The molecule has 1 radical (unpaired) electrons. The molecule has 283 valence electrons. The molecule has 0 aliphatic rings. The number of hydrogen-bond donors (Lipinski definition) is 1. The van der Waals surface area contributed by atoms with Crippen LogP contribution in [0.25, 0.3) is 88.4 Å². The average molecular weight is 827 g/mol. The first-order valence-corrected chi connectivity index (χ1v) is 20.1. The first-order valence-electron chi connectivity index (χ1n) is 19.4. The van der Waals surface area contributed by atoms with Crippen LogP contribution in [0.4, 0.5) is 0 Å². The summed E-state index contributed by atoms with van der Waals surface area (Å²) in [6.07, 6.45) is 2.28. The summed E-state index contributed by atoms with van der Waals surface area (Å²) in [7, 11) is 0.673. The van der Waals surface area contributed by atoms with Gasteiger partial charge in [0.2, 0.25) is 0 Å². The van der Waals surface area contributed by atoms with Crippen LogP contribution in [-0.2, 0) is 0 Å². The van der Waals surface area contributed by atoms with E-state index < -0.39 is 0 Å². The Labute approximate surface area is 366 Å². The summed E-state index contributed by atoms with van der Waals surface area (Å²) in [6.45, 7) is 5.72. The first kappa shape index (κ1) is 41.4. The van der Waals surface area contributed by atoms with Gasteiger partial charge < -0.3 is 25.4 Å². The summed E-state index contributed by atoms with van der Waals surface area (Å²) in [5, 5.41) is 13.3. The molecule has 0 saturated heterocycles. The van der Waals surface area contributed by atoms with Crippen molar-refractivity contribution >= 4 is 67.5 Å². The molecular formula is C52H40BBrLiO4. The molecular weight excluding hydrogens is 786 g/mol. The Hall–Kier alpha value is -5.74. The van der Waals surface area contributed by atoms with Gasteiger partial charge in [0, 0.05) is 32.7 Å². The maximum absolute atomic E-state index is 9.04. The Balaban J connectivity index is 0.000000162. The zero-order valence-electron chi connectivity index (χ0n) is 33.1. The molecule has 0 spiro atoms. The minimum Gasteiger partial charge on any atom is -0.535 e. The van der Waals surface area contributed by atoms with E-state index in [0.717, 1.165) is 77.0 Å². The fraction of sp³-hybridized carbons (Fsp3) is 0.0577. The van der Waals surface area contributed by atoms with Gasteiger partial charge in [-0.1, -0.05) is 171 Å². The molecule has 0 amide bonds. The predicted molar refractivity (Wildman–Crippen MR) is 246 cm³/mol. The Morgan fingerprint density at radius 1 is 0.492 bits per heavy atom. The van der Waals surface area contributed by atoms with Crippen molar-refractivity contribution in [3.05, 3.63) is 193 Å². The second-order valence-electron chi connectivity index (χ2n) is 13.8. The minimum absolute atomic E-state index is 0. The van der Waals surface area contributed by atoms with E-state index in [1.165, 1.54) is 23.1 Å². The molecule has 0 aliphatic heterocycles. The van der Waals surface area contributed by atoms with Crippen molar-refractivity contribution in [3.63, 3.8) is 0 Å². The van der Waals surface area contributed by atoms with E-state index in [0.29, 0.717) is 19.0 Å². The summed E-state index contributed by atoms with van der Waals surface area (Å²) in [4.78, 5) is 0. The van der Waals surface area contributed by atoms with Crippen LogP contribution in [0, 0.1) is 6.92 Å². The fourth-order valence-corrected chi connectivity index (χ4v) is 7.63. The molecule has 0 saturated carbocycles. The number of benzene rings is 8. The monoisotopic (exact) mass is 825 g/mol. The van der Waals surface area contributed by atoms with Crippen LogP contribution >= 0.6 is 15.9 Å². The van der Waals surface area contributed by atoms with Gasteiger partial charge in [0.1, 0.15) is 22.5 Å². The van der Waals surface area contributed by atoms with Crippen LogP contribution in [0.2, 0.25) is 0 Å². The van der Waals surface area contributed by atoms with E-state index >= 15 is 0 Å². The normalized spacial score (nSPS) is 10.7. The molecule has 8 aromatic carbocycles. The molecule has 2 aromatic heterocycles. The van der Waals surface area contributed by atoms with Gasteiger partial charge in [0.05, 0.1) is 4.47 Å². The van der Waals surface area contributed by atoms with E-state index in [4.69, 9.17) is 18.5 Å². The van der Waals surface area contributed by atoms with E-state index in [2.05, 4.69) is 145 Å². The van der Waals surface area contributed by atoms with Crippen LogP contribution < -0.4 is 23.5 Å². The van der Waals surface area contributed by atoms with Crippen molar-refractivity contribution in [1.82, 2.24) is 0 Å². The van der Waals surface area contributed by atoms with Crippen molar-refractivity contribution in [1.29, 1.82) is 0 Å². The molecule has 0 aliphatic carbocycles. The van der Waals surface area contributed by atoms with Gasteiger partial charge in [-0.2, -0.15) is 6.42 Å².